The van der Waals surface area contributed by atoms with Gasteiger partial charge in [0.25, 0.3) is 5.69 Å². The molecule has 0 spiro atoms. The van der Waals surface area contributed by atoms with Gasteiger partial charge in [0.1, 0.15) is 0 Å². The molecule has 0 unspecified atom stereocenters. The number of hydrogen-bond donors (Lipinski definition) is 1. The maximum atomic E-state index is 10.8. The van der Waals surface area contributed by atoms with Crippen molar-refractivity contribution >= 4 is 29.4 Å². The van der Waals surface area contributed by atoms with Gasteiger partial charge in [-0.3, -0.25) is 10.1 Å². The first-order valence-corrected chi connectivity index (χ1v) is 5.65. The third kappa shape index (κ3) is 2.82. The van der Waals surface area contributed by atoms with Crippen LogP contribution in [0, 0.1) is 10.1 Å². The Morgan fingerprint density at radius 3 is 2.59 bits per heavy atom. The van der Waals surface area contributed by atoms with Crippen LogP contribution >= 0.6 is 23.7 Å². The minimum atomic E-state index is -0.437. The lowest BCUT2D eigenvalue weighted by atomic mass is 10.0. The molecule has 0 aliphatic rings. The number of nitro groups is 1. The highest BCUT2D eigenvalue weighted by Gasteiger charge is 2.19. The van der Waals surface area contributed by atoms with Crippen LogP contribution in [0.1, 0.15) is 17.2 Å². The van der Waals surface area contributed by atoms with Crippen molar-refractivity contribution in [1.29, 1.82) is 0 Å². The summed E-state index contributed by atoms with van der Waals surface area (Å²) in [5.41, 5.74) is 7.52. The highest BCUT2D eigenvalue weighted by atomic mass is 35.5. The highest BCUT2D eigenvalue weighted by molar-refractivity contribution is 7.08. The molecule has 0 bridgehead atoms. The van der Waals surface area contributed by atoms with E-state index in [4.69, 9.17) is 5.73 Å². The molecule has 0 saturated heterocycles. The third-order valence-electron chi connectivity index (χ3n) is 2.37. The van der Waals surface area contributed by atoms with Crippen molar-refractivity contribution in [1.82, 2.24) is 0 Å². The Kier molecular flexibility index (Phi) is 4.62. The van der Waals surface area contributed by atoms with Gasteiger partial charge in [-0.25, -0.2) is 0 Å². The lowest BCUT2D eigenvalue weighted by Gasteiger charge is -2.10. The van der Waals surface area contributed by atoms with E-state index in [2.05, 4.69) is 0 Å². The standard InChI is InChI=1S/C11H10N2O2S.ClH/c12-11(8-5-6-16-7-8)9-3-1-2-4-10(9)13(14)15;/h1-7,11H,12H2;1H/t11-;/m0./s1. The molecule has 2 rings (SSSR count). The van der Waals surface area contributed by atoms with Crippen LogP contribution in [0.3, 0.4) is 0 Å². The SMILES string of the molecule is Cl.N[C@@H](c1ccsc1)c1ccccc1[N+](=O)[O-]. The van der Waals surface area contributed by atoms with E-state index in [-0.39, 0.29) is 18.1 Å². The van der Waals surface area contributed by atoms with Gasteiger partial charge >= 0.3 is 0 Å². The molecule has 1 aromatic heterocycles. The van der Waals surface area contributed by atoms with Gasteiger partial charge in [0.15, 0.2) is 0 Å². The van der Waals surface area contributed by atoms with Gasteiger partial charge in [-0.15, -0.1) is 12.4 Å². The molecule has 0 aliphatic carbocycles. The number of halogens is 1. The fraction of sp³-hybridized carbons (Fsp3) is 0.0909. The van der Waals surface area contributed by atoms with Gasteiger partial charge < -0.3 is 5.73 Å². The first-order valence-electron chi connectivity index (χ1n) is 4.71. The normalized spacial score (nSPS) is 11.6. The molecular weight excluding hydrogens is 260 g/mol. The zero-order chi connectivity index (χ0) is 11.5. The summed E-state index contributed by atoms with van der Waals surface area (Å²) in [7, 11) is 0. The Morgan fingerprint density at radius 1 is 1.29 bits per heavy atom. The molecule has 1 atom stereocenters. The number of para-hydroxylation sites is 1. The predicted octanol–water partition coefficient (Wildman–Crippen LogP) is 3.13. The number of nitrogens with zero attached hydrogens (tertiary/aromatic N) is 1. The van der Waals surface area contributed by atoms with Gasteiger partial charge in [0, 0.05) is 6.07 Å². The number of nitrogens with two attached hydrogens (primary N) is 1. The van der Waals surface area contributed by atoms with Gasteiger partial charge in [-0.2, -0.15) is 11.3 Å². The number of rotatable bonds is 3. The number of benzene rings is 1. The van der Waals surface area contributed by atoms with E-state index >= 15 is 0 Å². The third-order valence-corrected chi connectivity index (χ3v) is 3.07. The summed E-state index contributed by atoms with van der Waals surface area (Å²) in [5.74, 6) is 0. The molecule has 1 aromatic carbocycles. The molecule has 2 N–H and O–H groups in total. The summed E-state index contributed by atoms with van der Waals surface area (Å²) in [6, 6.07) is 8.01. The van der Waals surface area contributed by atoms with Gasteiger partial charge in [0.05, 0.1) is 16.5 Å². The van der Waals surface area contributed by atoms with Crippen LogP contribution in [0.4, 0.5) is 5.69 Å². The highest BCUT2D eigenvalue weighted by Crippen LogP contribution is 2.28. The number of hydrogen-bond acceptors (Lipinski definition) is 4. The molecule has 0 fully saturated rings. The molecule has 0 radical (unpaired) electrons. The monoisotopic (exact) mass is 270 g/mol. The summed E-state index contributed by atoms with van der Waals surface area (Å²) < 4.78 is 0. The fourth-order valence-corrected chi connectivity index (χ4v) is 2.24. The van der Waals surface area contributed by atoms with Crippen molar-refractivity contribution in [3.05, 3.63) is 62.3 Å². The summed E-state index contributed by atoms with van der Waals surface area (Å²) in [5, 5.41) is 14.7. The zero-order valence-electron chi connectivity index (χ0n) is 8.78. The van der Waals surface area contributed by atoms with Gasteiger partial charge in [-0.05, 0) is 22.4 Å². The average molecular weight is 271 g/mol. The first-order chi connectivity index (χ1) is 7.70. The second-order valence-electron chi connectivity index (χ2n) is 3.35. The van der Waals surface area contributed by atoms with E-state index in [1.807, 2.05) is 16.8 Å². The maximum absolute atomic E-state index is 10.8. The quantitative estimate of drug-likeness (QED) is 0.688. The Balaban J connectivity index is 0.00000144. The van der Waals surface area contributed by atoms with E-state index in [1.165, 1.54) is 17.4 Å². The first kappa shape index (κ1) is 13.6. The van der Waals surface area contributed by atoms with E-state index in [0.717, 1.165) is 5.56 Å². The van der Waals surface area contributed by atoms with Crippen LogP contribution in [0.5, 0.6) is 0 Å². The Bertz CT molecular complexity index is 502. The van der Waals surface area contributed by atoms with Crippen LogP contribution in [-0.4, -0.2) is 4.92 Å². The van der Waals surface area contributed by atoms with E-state index < -0.39 is 11.0 Å². The number of thiophene rings is 1. The topological polar surface area (TPSA) is 69.2 Å². The van der Waals surface area contributed by atoms with Crippen LogP contribution in [-0.2, 0) is 0 Å². The Labute approximate surface area is 109 Å². The molecule has 17 heavy (non-hydrogen) atoms. The minimum absolute atomic E-state index is 0. The van der Waals surface area contributed by atoms with E-state index in [9.17, 15) is 10.1 Å². The molecule has 0 aliphatic heterocycles. The minimum Gasteiger partial charge on any atom is -0.320 e. The molecule has 90 valence electrons. The lowest BCUT2D eigenvalue weighted by molar-refractivity contribution is -0.385. The van der Waals surface area contributed by atoms with Crippen molar-refractivity contribution in [2.75, 3.05) is 0 Å². The fourth-order valence-electron chi connectivity index (χ4n) is 1.55. The Hall–Kier alpha value is -1.43. The van der Waals surface area contributed by atoms with Crippen molar-refractivity contribution in [3.8, 4) is 0 Å². The molecular formula is C11H11ClN2O2S. The van der Waals surface area contributed by atoms with Crippen molar-refractivity contribution in [2.24, 2.45) is 5.73 Å². The van der Waals surface area contributed by atoms with Crippen LogP contribution in [0.15, 0.2) is 41.1 Å². The van der Waals surface area contributed by atoms with Gasteiger partial charge in [-0.1, -0.05) is 18.2 Å². The van der Waals surface area contributed by atoms with Crippen LogP contribution in [0.2, 0.25) is 0 Å². The van der Waals surface area contributed by atoms with E-state index in [0.29, 0.717) is 5.56 Å². The number of nitro benzene ring substituents is 1. The predicted molar refractivity (Wildman–Crippen MR) is 70.7 cm³/mol. The molecule has 0 amide bonds. The second-order valence-corrected chi connectivity index (χ2v) is 4.13. The Morgan fingerprint density at radius 2 is 2.00 bits per heavy atom. The van der Waals surface area contributed by atoms with Crippen molar-refractivity contribution in [2.45, 2.75) is 6.04 Å². The molecule has 2 aromatic rings. The second kappa shape index (κ2) is 5.77. The smallest absolute Gasteiger partial charge is 0.274 e. The molecule has 4 nitrogen and oxygen atoms in total. The lowest BCUT2D eigenvalue weighted by Crippen LogP contribution is -2.12. The average Bonchev–Trinajstić information content (AvgIpc) is 2.81. The molecule has 0 saturated carbocycles. The van der Waals surface area contributed by atoms with Crippen LogP contribution in [0.25, 0.3) is 0 Å². The summed E-state index contributed by atoms with van der Waals surface area (Å²) >= 11 is 1.53. The molecule has 6 heteroatoms. The van der Waals surface area contributed by atoms with Crippen molar-refractivity contribution in [3.63, 3.8) is 0 Å². The largest absolute Gasteiger partial charge is 0.320 e. The summed E-state index contributed by atoms with van der Waals surface area (Å²) in [6.07, 6.45) is 0. The van der Waals surface area contributed by atoms with E-state index in [1.54, 1.807) is 18.2 Å². The molecule has 1 heterocycles. The van der Waals surface area contributed by atoms with Crippen LogP contribution < -0.4 is 5.73 Å². The summed E-state index contributed by atoms with van der Waals surface area (Å²) in [4.78, 5) is 10.4. The maximum Gasteiger partial charge on any atom is 0.274 e. The summed E-state index contributed by atoms with van der Waals surface area (Å²) in [6.45, 7) is 0. The zero-order valence-corrected chi connectivity index (χ0v) is 10.4. The van der Waals surface area contributed by atoms with Crippen molar-refractivity contribution < 1.29 is 4.92 Å². The van der Waals surface area contributed by atoms with Gasteiger partial charge in [0.2, 0.25) is 0 Å².